The molecule has 0 aromatic heterocycles. The van der Waals surface area contributed by atoms with E-state index in [0.717, 1.165) is 16.4 Å². The van der Waals surface area contributed by atoms with E-state index in [2.05, 4.69) is 5.32 Å². The van der Waals surface area contributed by atoms with Crippen molar-refractivity contribution in [1.82, 2.24) is 4.31 Å². The maximum atomic E-state index is 12.7. The molecule has 134 valence electrons. The molecule has 1 aromatic carbocycles. The van der Waals surface area contributed by atoms with Crippen molar-refractivity contribution in [3.8, 4) is 0 Å². The zero-order chi connectivity index (χ0) is 18.0. The number of alkyl halides is 3. The van der Waals surface area contributed by atoms with Gasteiger partial charge in [-0.15, -0.1) is 0 Å². The van der Waals surface area contributed by atoms with E-state index < -0.39 is 33.7 Å². The molecule has 1 atom stereocenters. The molecule has 0 unspecified atom stereocenters. The minimum Gasteiger partial charge on any atom is -0.325 e. The van der Waals surface area contributed by atoms with Crippen molar-refractivity contribution in [3.05, 3.63) is 29.8 Å². The first kappa shape index (κ1) is 18.7. The molecule has 5 nitrogen and oxygen atoms in total. The normalized spacial score (nSPS) is 19.4. The molecule has 24 heavy (non-hydrogen) atoms. The third kappa shape index (κ3) is 4.27. The number of hydrogen-bond acceptors (Lipinski definition) is 3. The van der Waals surface area contributed by atoms with Crippen LogP contribution in [0.3, 0.4) is 0 Å². The first-order chi connectivity index (χ1) is 11.1. The lowest BCUT2D eigenvalue weighted by molar-refractivity contribution is -0.137. The second-order valence-electron chi connectivity index (χ2n) is 5.65. The smallest absolute Gasteiger partial charge is 0.325 e. The van der Waals surface area contributed by atoms with Gasteiger partial charge in [-0.05, 0) is 37.5 Å². The molecule has 0 saturated carbocycles. The van der Waals surface area contributed by atoms with Crippen LogP contribution in [0.25, 0.3) is 0 Å². The SMILES string of the molecule is CCCS(=O)(=O)N1CCC[C@H]1C(=O)Nc1cccc(C(F)(F)F)c1. The average Bonchev–Trinajstić information content (AvgIpc) is 2.97. The molecular formula is C15H19F3N2O3S. The van der Waals surface area contributed by atoms with Gasteiger partial charge in [0.25, 0.3) is 0 Å². The third-order valence-corrected chi connectivity index (χ3v) is 5.86. The van der Waals surface area contributed by atoms with E-state index in [4.69, 9.17) is 0 Å². The lowest BCUT2D eigenvalue weighted by Crippen LogP contribution is -2.44. The van der Waals surface area contributed by atoms with Gasteiger partial charge in [-0.2, -0.15) is 17.5 Å². The number of carbonyl (C=O) groups is 1. The lowest BCUT2D eigenvalue weighted by atomic mass is 10.1. The quantitative estimate of drug-likeness (QED) is 0.874. The summed E-state index contributed by atoms with van der Waals surface area (Å²) in [4.78, 5) is 12.3. The molecule has 9 heteroatoms. The molecule has 1 aromatic rings. The lowest BCUT2D eigenvalue weighted by Gasteiger charge is -2.23. The highest BCUT2D eigenvalue weighted by Gasteiger charge is 2.38. The number of rotatable bonds is 5. The van der Waals surface area contributed by atoms with Crippen LogP contribution in [0.15, 0.2) is 24.3 Å². The zero-order valence-corrected chi connectivity index (χ0v) is 14.0. The molecule has 1 amide bonds. The molecule has 0 bridgehead atoms. The molecule has 1 aliphatic heterocycles. The highest BCUT2D eigenvalue weighted by Crippen LogP contribution is 2.31. The molecule has 1 heterocycles. The molecule has 1 aliphatic rings. The number of nitrogens with zero attached hydrogens (tertiary/aromatic N) is 1. The maximum absolute atomic E-state index is 12.7. The molecule has 1 saturated heterocycles. The van der Waals surface area contributed by atoms with Gasteiger partial charge in [0.15, 0.2) is 0 Å². The van der Waals surface area contributed by atoms with Gasteiger partial charge >= 0.3 is 6.18 Å². The Morgan fingerprint density at radius 2 is 2.08 bits per heavy atom. The van der Waals surface area contributed by atoms with Crippen molar-refractivity contribution in [2.75, 3.05) is 17.6 Å². The van der Waals surface area contributed by atoms with Gasteiger partial charge in [0.2, 0.25) is 15.9 Å². The van der Waals surface area contributed by atoms with E-state index in [1.165, 1.54) is 12.1 Å². The summed E-state index contributed by atoms with van der Waals surface area (Å²) in [7, 11) is -3.54. The Hall–Kier alpha value is -1.61. The number of hydrogen-bond donors (Lipinski definition) is 1. The van der Waals surface area contributed by atoms with Crippen LogP contribution < -0.4 is 5.32 Å². The van der Waals surface area contributed by atoms with Crippen LogP contribution in [-0.4, -0.2) is 37.0 Å². The number of sulfonamides is 1. The number of amides is 1. The van der Waals surface area contributed by atoms with E-state index in [-0.39, 0.29) is 18.0 Å². The van der Waals surface area contributed by atoms with Crippen molar-refractivity contribution >= 4 is 21.6 Å². The summed E-state index contributed by atoms with van der Waals surface area (Å²) in [6.07, 6.45) is -3.18. The molecule has 0 spiro atoms. The first-order valence-electron chi connectivity index (χ1n) is 7.63. The Bertz CT molecular complexity index is 704. The molecular weight excluding hydrogens is 345 g/mol. The standard InChI is InChI=1S/C15H19F3N2O3S/c1-2-9-24(22,23)20-8-4-7-13(20)14(21)19-12-6-3-5-11(10-12)15(16,17)18/h3,5-6,10,13H,2,4,7-9H2,1H3,(H,19,21)/t13-/m0/s1. The van der Waals surface area contributed by atoms with Crippen LogP contribution in [-0.2, 0) is 21.0 Å². The highest BCUT2D eigenvalue weighted by atomic mass is 32.2. The molecule has 1 fully saturated rings. The van der Waals surface area contributed by atoms with Crippen LogP contribution in [0.2, 0.25) is 0 Å². The summed E-state index contributed by atoms with van der Waals surface area (Å²) in [6.45, 7) is 1.98. The Kier molecular flexibility index (Phi) is 5.54. The second-order valence-corrected chi connectivity index (χ2v) is 7.69. The topological polar surface area (TPSA) is 66.5 Å². The maximum Gasteiger partial charge on any atom is 0.416 e. The first-order valence-corrected chi connectivity index (χ1v) is 9.23. The number of halogens is 3. The van der Waals surface area contributed by atoms with Crippen LogP contribution in [0.4, 0.5) is 18.9 Å². The third-order valence-electron chi connectivity index (χ3n) is 3.78. The highest BCUT2D eigenvalue weighted by molar-refractivity contribution is 7.89. The van der Waals surface area contributed by atoms with E-state index in [1.807, 2.05) is 0 Å². The van der Waals surface area contributed by atoms with Crippen molar-refractivity contribution in [2.45, 2.75) is 38.4 Å². The Balaban J connectivity index is 2.15. The van der Waals surface area contributed by atoms with Gasteiger partial charge in [-0.3, -0.25) is 4.79 Å². The molecule has 0 radical (unpaired) electrons. The predicted octanol–water partition coefficient (Wildman–Crippen LogP) is 2.85. The summed E-state index contributed by atoms with van der Waals surface area (Å²) in [6, 6.07) is 3.39. The largest absolute Gasteiger partial charge is 0.416 e. The monoisotopic (exact) mass is 364 g/mol. The van der Waals surface area contributed by atoms with Gasteiger partial charge in [0, 0.05) is 12.2 Å². The van der Waals surface area contributed by atoms with Gasteiger partial charge in [-0.25, -0.2) is 8.42 Å². The summed E-state index contributed by atoms with van der Waals surface area (Å²) in [5.41, 5.74) is -0.878. The van der Waals surface area contributed by atoms with Crippen LogP contribution in [0.5, 0.6) is 0 Å². The second kappa shape index (κ2) is 7.10. The van der Waals surface area contributed by atoms with E-state index in [9.17, 15) is 26.4 Å². The number of benzene rings is 1. The van der Waals surface area contributed by atoms with Gasteiger partial charge < -0.3 is 5.32 Å². The summed E-state index contributed by atoms with van der Waals surface area (Å²) in [5, 5.41) is 2.40. The predicted molar refractivity (Wildman–Crippen MR) is 83.9 cm³/mol. The number of carbonyl (C=O) groups excluding carboxylic acids is 1. The van der Waals surface area contributed by atoms with E-state index in [1.54, 1.807) is 6.92 Å². The number of anilines is 1. The van der Waals surface area contributed by atoms with E-state index in [0.29, 0.717) is 19.3 Å². The minimum absolute atomic E-state index is 0.00503. The fraction of sp³-hybridized carbons (Fsp3) is 0.533. The summed E-state index contributed by atoms with van der Waals surface area (Å²) >= 11 is 0. The van der Waals surface area contributed by atoms with Crippen molar-refractivity contribution < 1.29 is 26.4 Å². The van der Waals surface area contributed by atoms with Crippen LogP contribution in [0, 0.1) is 0 Å². The Morgan fingerprint density at radius 3 is 2.71 bits per heavy atom. The van der Waals surface area contributed by atoms with Crippen LogP contribution >= 0.6 is 0 Å². The fourth-order valence-electron chi connectivity index (χ4n) is 2.71. The number of nitrogens with one attached hydrogen (secondary N) is 1. The molecule has 2 rings (SSSR count). The molecule has 0 aliphatic carbocycles. The van der Waals surface area contributed by atoms with Gasteiger partial charge in [0.1, 0.15) is 6.04 Å². The fourth-order valence-corrected chi connectivity index (χ4v) is 4.46. The summed E-state index contributed by atoms with van der Waals surface area (Å²) in [5.74, 6) is -0.660. The average molecular weight is 364 g/mol. The van der Waals surface area contributed by atoms with E-state index >= 15 is 0 Å². The Labute approximate surface area is 138 Å². The van der Waals surface area contributed by atoms with Crippen molar-refractivity contribution in [2.24, 2.45) is 0 Å². The Morgan fingerprint density at radius 1 is 1.38 bits per heavy atom. The molecule has 1 N–H and O–H groups in total. The minimum atomic E-state index is -4.51. The zero-order valence-electron chi connectivity index (χ0n) is 13.1. The van der Waals surface area contributed by atoms with Gasteiger partial charge in [-0.1, -0.05) is 13.0 Å². The van der Waals surface area contributed by atoms with Gasteiger partial charge in [0.05, 0.1) is 11.3 Å². The summed E-state index contributed by atoms with van der Waals surface area (Å²) < 4.78 is 63.6. The van der Waals surface area contributed by atoms with Crippen molar-refractivity contribution in [3.63, 3.8) is 0 Å². The van der Waals surface area contributed by atoms with Crippen molar-refractivity contribution in [1.29, 1.82) is 0 Å². The van der Waals surface area contributed by atoms with Crippen LogP contribution in [0.1, 0.15) is 31.7 Å².